The zero-order chi connectivity index (χ0) is 18.0. The lowest BCUT2D eigenvalue weighted by Gasteiger charge is -2.09. The van der Waals surface area contributed by atoms with E-state index in [4.69, 9.17) is 4.74 Å². The van der Waals surface area contributed by atoms with Gasteiger partial charge in [0.1, 0.15) is 0 Å². The largest absolute Gasteiger partial charge is 0.466 e. The Bertz CT molecular complexity index is 1020. The summed E-state index contributed by atoms with van der Waals surface area (Å²) in [6.07, 6.45) is 2.10. The molecular formula is C19H19NO4S. The van der Waals surface area contributed by atoms with E-state index in [0.29, 0.717) is 11.9 Å². The minimum absolute atomic E-state index is 0.251. The van der Waals surface area contributed by atoms with Gasteiger partial charge in [-0.25, -0.2) is 12.4 Å². The van der Waals surface area contributed by atoms with E-state index in [1.165, 1.54) is 10.9 Å². The molecule has 1 aromatic heterocycles. The zero-order valence-corrected chi connectivity index (χ0v) is 14.9. The third kappa shape index (κ3) is 3.44. The van der Waals surface area contributed by atoms with Gasteiger partial charge in [-0.1, -0.05) is 29.8 Å². The van der Waals surface area contributed by atoms with Crippen LogP contribution in [0.5, 0.6) is 0 Å². The van der Waals surface area contributed by atoms with Crippen LogP contribution in [-0.4, -0.2) is 25.0 Å². The van der Waals surface area contributed by atoms with Crippen molar-refractivity contribution in [3.8, 4) is 0 Å². The average Bonchev–Trinajstić information content (AvgIpc) is 3.00. The van der Waals surface area contributed by atoms with E-state index in [9.17, 15) is 13.2 Å². The lowest BCUT2D eigenvalue weighted by Crippen LogP contribution is -2.11. The molecule has 25 heavy (non-hydrogen) atoms. The first-order valence-corrected chi connectivity index (χ1v) is 9.38. The summed E-state index contributed by atoms with van der Waals surface area (Å²) < 4.78 is 32.1. The van der Waals surface area contributed by atoms with Gasteiger partial charge in [0, 0.05) is 24.9 Å². The number of hydrogen-bond acceptors (Lipinski definition) is 4. The summed E-state index contributed by atoms with van der Waals surface area (Å²) in [7, 11) is -3.66. The maximum absolute atomic E-state index is 12.9. The van der Waals surface area contributed by atoms with Crippen molar-refractivity contribution in [2.75, 3.05) is 6.61 Å². The second kappa shape index (κ2) is 6.72. The molecule has 0 saturated carbocycles. The number of esters is 1. The van der Waals surface area contributed by atoms with Crippen LogP contribution in [-0.2, 0) is 26.0 Å². The fraction of sp³-hybridized carbons (Fsp3) is 0.211. The SMILES string of the molecule is CC(=O)OCCc1cccc2c1ccn2S(=O)(=O)c1ccc(C)cc1. The van der Waals surface area contributed by atoms with E-state index in [1.807, 2.05) is 19.1 Å². The van der Waals surface area contributed by atoms with Gasteiger partial charge in [0.15, 0.2) is 0 Å². The summed E-state index contributed by atoms with van der Waals surface area (Å²) in [6.45, 7) is 3.55. The van der Waals surface area contributed by atoms with Crippen LogP contribution >= 0.6 is 0 Å². The number of rotatable bonds is 5. The minimum Gasteiger partial charge on any atom is -0.466 e. The lowest BCUT2D eigenvalue weighted by molar-refractivity contribution is -0.140. The normalized spacial score (nSPS) is 11.6. The third-order valence-corrected chi connectivity index (χ3v) is 5.75. The second-order valence-corrected chi connectivity index (χ2v) is 7.68. The number of aryl methyl sites for hydroxylation is 1. The van der Waals surface area contributed by atoms with Crippen molar-refractivity contribution < 1.29 is 17.9 Å². The van der Waals surface area contributed by atoms with Gasteiger partial charge in [0.05, 0.1) is 17.0 Å². The highest BCUT2D eigenvalue weighted by atomic mass is 32.2. The molecule has 6 heteroatoms. The molecule has 2 aromatic carbocycles. The Morgan fingerprint density at radius 1 is 1.08 bits per heavy atom. The molecule has 3 rings (SSSR count). The Kier molecular flexibility index (Phi) is 4.63. The summed E-state index contributed by atoms with van der Waals surface area (Å²) in [5.41, 5.74) is 2.56. The fourth-order valence-electron chi connectivity index (χ4n) is 2.76. The monoisotopic (exact) mass is 357 g/mol. The van der Waals surface area contributed by atoms with Gasteiger partial charge in [-0.3, -0.25) is 4.79 Å². The quantitative estimate of drug-likeness (QED) is 0.657. The summed E-state index contributed by atoms with van der Waals surface area (Å²) >= 11 is 0. The van der Waals surface area contributed by atoms with Crippen LogP contribution < -0.4 is 0 Å². The van der Waals surface area contributed by atoms with Crippen molar-refractivity contribution in [2.45, 2.75) is 25.2 Å². The number of fused-ring (bicyclic) bond motifs is 1. The van der Waals surface area contributed by atoms with E-state index in [1.54, 1.807) is 42.6 Å². The molecule has 0 aliphatic carbocycles. The number of aromatic nitrogens is 1. The van der Waals surface area contributed by atoms with Gasteiger partial charge in [-0.2, -0.15) is 0 Å². The molecule has 0 amide bonds. The van der Waals surface area contributed by atoms with Gasteiger partial charge < -0.3 is 4.74 Å². The molecule has 0 aliphatic heterocycles. The molecule has 0 atom stereocenters. The van der Waals surface area contributed by atoms with E-state index in [2.05, 4.69) is 0 Å². The van der Waals surface area contributed by atoms with Crippen LogP contribution in [0.3, 0.4) is 0 Å². The molecule has 0 spiro atoms. The number of carbonyl (C=O) groups excluding carboxylic acids is 1. The summed E-state index contributed by atoms with van der Waals surface area (Å²) in [5.74, 6) is -0.327. The van der Waals surface area contributed by atoms with Crippen LogP contribution in [0, 0.1) is 6.92 Å². The second-order valence-electron chi connectivity index (χ2n) is 5.87. The number of hydrogen-bond donors (Lipinski definition) is 0. The molecule has 5 nitrogen and oxygen atoms in total. The van der Waals surface area contributed by atoms with Crippen molar-refractivity contribution in [1.29, 1.82) is 0 Å². The van der Waals surface area contributed by atoms with E-state index in [-0.39, 0.29) is 17.5 Å². The molecule has 0 unspecified atom stereocenters. The number of ether oxygens (including phenoxy) is 1. The molecule has 0 fully saturated rings. The fourth-order valence-corrected chi connectivity index (χ4v) is 4.11. The molecule has 0 saturated heterocycles. The predicted molar refractivity (Wildman–Crippen MR) is 96.0 cm³/mol. The van der Waals surface area contributed by atoms with E-state index < -0.39 is 10.0 Å². The minimum atomic E-state index is -3.66. The van der Waals surface area contributed by atoms with Gasteiger partial charge >= 0.3 is 5.97 Å². The molecular weight excluding hydrogens is 338 g/mol. The van der Waals surface area contributed by atoms with Crippen molar-refractivity contribution in [3.63, 3.8) is 0 Å². The first-order chi connectivity index (χ1) is 11.9. The topological polar surface area (TPSA) is 65.4 Å². The molecule has 1 heterocycles. The molecule has 130 valence electrons. The number of carbonyl (C=O) groups is 1. The Labute approximate surface area is 146 Å². The lowest BCUT2D eigenvalue weighted by atomic mass is 10.1. The Morgan fingerprint density at radius 3 is 2.48 bits per heavy atom. The maximum atomic E-state index is 12.9. The Balaban J connectivity index is 2.01. The number of benzene rings is 2. The van der Waals surface area contributed by atoms with Crippen LogP contribution in [0.2, 0.25) is 0 Å². The molecule has 0 aliphatic rings. The standard InChI is InChI=1S/C19H19NO4S/c1-14-6-8-17(9-7-14)25(22,23)20-12-10-18-16(4-3-5-19(18)20)11-13-24-15(2)21/h3-10,12H,11,13H2,1-2H3. The van der Waals surface area contributed by atoms with Gasteiger partial charge in [0.25, 0.3) is 10.0 Å². The predicted octanol–water partition coefficient (Wildman–Crippen LogP) is 3.29. The first kappa shape index (κ1) is 17.2. The van der Waals surface area contributed by atoms with E-state index >= 15 is 0 Å². The highest BCUT2D eigenvalue weighted by molar-refractivity contribution is 7.90. The van der Waals surface area contributed by atoms with Crippen LogP contribution in [0.25, 0.3) is 10.9 Å². The summed E-state index contributed by atoms with van der Waals surface area (Å²) in [4.78, 5) is 11.2. The highest BCUT2D eigenvalue weighted by Gasteiger charge is 2.19. The Morgan fingerprint density at radius 2 is 1.80 bits per heavy atom. The van der Waals surface area contributed by atoms with Gasteiger partial charge in [-0.05, 0) is 36.8 Å². The molecule has 0 bridgehead atoms. The van der Waals surface area contributed by atoms with Crippen molar-refractivity contribution in [2.24, 2.45) is 0 Å². The van der Waals surface area contributed by atoms with Crippen LogP contribution in [0.15, 0.2) is 59.6 Å². The van der Waals surface area contributed by atoms with E-state index in [0.717, 1.165) is 16.5 Å². The maximum Gasteiger partial charge on any atom is 0.302 e. The van der Waals surface area contributed by atoms with Crippen molar-refractivity contribution >= 4 is 26.9 Å². The van der Waals surface area contributed by atoms with Crippen molar-refractivity contribution in [3.05, 3.63) is 65.9 Å². The molecule has 0 radical (unpaired) electrons. The van der Waals surface area contributed by atoms with Crippen LogP contribution in [0.4, 0.5) is 0 Å². The molecule has 0 N–H and O–H groups in total. The Hall–Kier alpha value is -2.60. The van der Waals surface area contributed by atoms with Gasteiger partial charge in [-0.15, -0.1) is 0 Å². The zero-order valence-electron chi connectivity index (χ0n) is 14.1. The number of nitrogens with zero attached hydrogens (tertiary/aromatic N) is 1. The third-order valence-electron chi connectivity index (χ3n) is 4.04. The van der Waals surface area contributed by atoms with Crippen molar-refractivity contribution in [1.82, 2.24) is 3.97 Å². The summed E-state index contributed by atoms with van der Waals surface area (Å²) in [5, 5.41) is 0.838. The van der Waals surface area contributed by atoms with Crippen LogP contribution in [0.1, 0.15) is 18.1 Å². The smallest absolute Gasteiger partial charge is 0.302 e. The average molecular weight is 357 g/mol. The molecule has 3 aromatic rings. The first-order valence-electron chi connectivity index (χ1n) is 7.94. The highest BCUT2D eigenvalue weighted by Crippen LogP contribution is 2.25. The summed E-state index contributed by atoms with van der Waals surface area (Å²) in [6, 6.07) is 14.1. The van der Waals surface area contributed by atoms with Gasteiger partial charge in [0.2, 0.25) is 0 Å².